The molecule has 3 nitrogen and oxygen atoms in total. The van der Waals surface area contributed by atoms with E-state index in [1.807, 2.05) is 0 Å². The number of ether oxygens (including phenoxy) is 2. The Morgan fingerprint density at radius 1 is 1.53 bits per heavy atom. The molecule has 1 fully saturated rings. The van der Waals surface area contributed by atoms with E-state index < -0.39 is 0 Å². The summed E-state index contributed by atoms with van der Waals surface area (Å²) in [5.74, 6) is 0. The molecule has 4 atom stereocenters. The van der Waals surface area contributed by atoms with Gasteiger partial charge in [0.2, 0.25) is 0 Å². The van der Waals surface area contributed by atoms with E-state index in [1.54, 1.807) is 0 Å². The first kappa shape index (κ1) is 11.1. The van der Waals surface area contributed by atoms with E-state index in [2.05, 4.69) is 19.1 Å². The first-order valence-corrected chi connectivity index (χ1v) is 5.93. The molecule has 15 heavy (non-hydrogen) atoms. The Kier molecular flexibility index (Phi) is 3.78. The summed E-state index contributed by atoms with van der Waals surface area (Å²) in [5.41, 5.74) is 0. The molecule has 0 aromatic heterocycles. The van der Waals surface area contributed by atoms with E-state index in [0.29, 0.717) is 0 Å². The number of aliphatic hydroxyl groups is 1. The van der Waals surface area contributed by atoms with Crippen molar-refractivity contribution in [2.45, 2.75) is 57.0 Å². The largest absolute Gasteiger partial charge is 0.394 e. The van der Waals surface area contributed by atoms with Gasteiger partial charge in [-0.15, -0.1) is 0 Å². The molecule has 0 aromatic carbocycles. The molecule has 2 aliphatic heterocycles. The number of hydrogen-bond acceptors (Lipinski definition) is 3. The third-order valence-electron chi connectivity index (χ3n) is 3.13. The summed E-state index contributed by atoms with van der Waals surface area (Å²) >= 11 is 0. The van der Waals surface area contributed by atoms with Gasteiger partial charge in [0.15, 0.2) is 0 Å². The second kappa shape index (κ2) is 5.10. The van der Waals surface area contributed by atoms with Crippen molar-refractivity contribution in [3.8, 4) is 0 Å². The minimum Gasteiger partial charge on any atom is -0.394 e. The number of aliphatic hydroxyl groups excluding tert-OH is 1. The maximum Gasteiger partial charge on any atom is 0.103 e. The summed E-state index contributed by atoms with van der Waals surface area (Å²) in [6.07, 6.45) is 8.87. The zero-order valence-corrected chi connectivity index (χ0v) is 9.26. The van der Waals surface area contributed by atoms with E-state index in [9.17, 15) is 5.11 Å². The Balaban J connectivity index is 1.77. The van der Waals surface area contributed by atoms with Crippen LogP contribution in [0.2, 0.25) is 0 Å². The van der Waals surface area contributed by atoms with Crippen LogP contribution in [0.1, 0.15) is 32.6 Å². The van der Waals surface area contributed by atoms with Crippen LogP contribution in [-0.2, 0) is 9.47 Å². The van der Waals surface area contributed by atoms with Crippen molar-refractivity contribution in [1.82, 2.24) is 0 Å². The molecule has 1 saturated heterocycles. The van der Waals surface area contributed by atoms with Crippen molar-refractivity contribution in [2.24, 2.45) is 0 Å². The molecule has 2 rings (SSSR count). The lowest BCUT2D eigenvalue weighted by molar-refractivity contribution is -0.0600. The van der Waals surface area contributed by atoms with Crippen LogP contribution in [0, 0.1) is 0 Å². The molecule has 0 aromatic rings. The summed E-state index contributed by atoms with van der Waals surface area (Å²) < 4.78 is 11.5. The van der Waals surface area contributed by atoms with Gasteiger partial charge in [0.25, 0.3) is 0 Å². The minimum atomic E-state index is -0.00806. The topological polar surface area (TPSA) is 38.7 Å². The fourth-order valence-corrected chi connectivity index (χ4v) is 2.25. The molecule has 0 radical (unpaired) electrons. The van der Waals surface area contributed by atoms with Gasteiger partial charge >= 0.3 is 0 Å². The lowest BCUT2D eigenvalue weighted by Gasteiger charge is -2.23. The van der Waals surface area contributed by atoms with E-state index >= 15 is 0 Å². The standard InChI is InChI=1S/C12H20O3/c1-2-3-4-10(8-13)15-12-7-9-5-6-11(12)14-9/h5-6,9-13H,2-4,7-8H2,1H3. The molecule has 0 spiro atoms. The Morgan fingerprint density at radius 2 is 2.40 bits per heavy atom. The van der Waals surface area contributed by atoms with Gasteiger partial charge in [0, 0.05) is 6.42 Å². The van der Waals surface area contributed by atoms with Crippen molar-refractivity contribution >= 4 is 0 Å². The van der Waals surface area contributed by atoms with Crippen molar-refractivity contribution < 1.29 is 14.6 Å². The van der Waals surface area contributed by atoms with Gasteiger partial charge in [0.1, 0.15) is 6.10 Å². The normalized spacial score (nSPS) is 34.9. The minimum absolute atomic E-state index is 0.00806. The number of unbranched alkanes of at least 4 members (excludes halogenated alkanes) is 1. The van der Waals surface area contributed by atoms with Crippen LogP contribution in [-0.4, -0.2) is 36.1 Å². The zero-order valence-electron chi connectivity index (χ0n) is 9.26. The molecular formula is C12H20O3. The Morgan fingerprint density at radius 3 is 2.93 bits per heavy atom. The van der Waals surface area contributed by atoms with Crippen LogP contribution >= 0.6 is 0 Å². The van der Waals surface area contributed by atoms with Crippen molar-refractivity contribution in [2.75, 3.05) is 6.61 Å². The average molecular weight is 212 g/mol. The lowest BCUT2D eigenvalue weighted by Crippen LogP contribution is -2.30. The molecule has 86 valence electrons. The molecular weight excluding hydrogens is 192 g/mol. The molecule has 4 unspecified atom stereocenters. The van der Waals surface area contributed by atoms with E-state index in [4.69, 9.17) is 9.47 Å². The molecule has 3 heteroatoms. The molecule has 0 saturated carbocycles. The summed E-state index contributed by atoms with van der Waals surface area (Å²) in [6.45, 7) is 2.27. The van der Waals surface area contributed by atoms with E-state index in [0.717, 1.165) is 25.7 Å². The van der Waals surface area contributed by atoms with Gasteiger partial charge in [0.05, 0.1) is 24.9 Å². The Labute approximate surface area is 91.1 Å². The molecule has 2 aliphatic rings. The Bertz CT molecular complexity index is 227. The molecule has 0 amide bonds. The van der Waals surface area contributed by atoms with E-state index in [-0.39, 0.29) is 31.0 Å². The van der Waals surface area contributed by atoms with Crippen molar-refractivity contribution in [1.29, 1.82) is 0 Å². The summed E-state index contributed by atoms with van der Waals surface area (Å²) in [6, 6.07) is 0. The van der Waals surface area contributed by atoms with Crippen LogP contribution in [0.3, 0.4) is 0 Å². The predicted octanol–water partition coefficient (Wildman–Crippen LogP) is 1.65. The SMILES string of the molecule is CCCCC(CO)OC1CC2C=CC1O2. The van der Waals surface area contributed by atoms with Gasteiger partial charge in [-0.25, -0.2) is 0 Å². The van der Waals surface area contributed by atoms with Crippen molar-refractivity contribution in [3.05, 3.63) is 12.2 Å². The predicted molar refractivity (Wildman–Crippen MR) is 57.7 cm³/mol. The van der Waals surface area contributed by atoms with E-state index in [1.165, 1.54) is 0 Å². The number of rotatable bonds is 6. The monoisotopic (exact) mass is 212 g/mol. The third-order valence-corrected chi connectivity index (χ3v) is 3.13. The molecule has 1 N–H and O–H groups in total. The average Bonchev–Trinajstić information content (AvgIpc) is 2.85. The highest BCUT2D eigenvalue weighted by molar-refractivity contribution is 5.11. The van der Waals surface area contributed by atoms with Crippen LogP contribution in [0.5, 0.6) is 0 Å². The summed E-state index contributed by atoms with van der Waals surface area (Å²) in [4.78, 5) is 0. The fourth-order valence-electron chi connectivity index (χ4n) is 2.25. The van der Waals surface area contributed by atoms with Gasteiger partial charge in [-0.05, 0) is 6.42 Å². The highest BCUT2D eigenvalue weighted by Crippen LogP contribution is 2.31. The fraction of sp³-hybridized carbons (Fsp3) is 0.833. The highest BCUT2D eigenvalue weighted by Gasteiger charge is 2.38. The third kappa shape index (κ3) is 2.60. The second-order valence-corrected chi connectivity index (χ2v) is 4.38. The Hall–Kier alpha value is -0.380. The van der Waals surface area contributed by atoms with Gasteiger partial charge < -0.3 is 14.6 Å². The van der Waals surface area contributed by atoms with Gasteiger partial charge in [-0.2, -0.15) is 0 Å². The maximum absolute atomic E-state index is 9.20. The van der Waals surface area contributed by atoms with Crippen LogP contribution < -0.4 is 0 Å². The quantitative estimate of drug-likeness (QED) is 0.680. The molecule has 0 aliphatic carbocycles. The highest BCUT2D eigenvalue weighted by atomic mass is 16.6. The molecule has 2 heterocycles. The second-order valence-electron chi connectivity index (χ2n) is 4.38. The number of fused-ring (bicyclic) bond motifs is 2. The van der Waals surface area contributed by atoms with Gasteiger partial charge in [-0.1, -0.05) is 31.9 Å². The molecule has 2 bridgehead atoms. The first-order chi connectivity index (χ1) is 7.33. The van der Waals surface area contributed by atoms with Gasteiger partial charge in [-0.3, -0.25) is 0 Å². The summed E-state index contributed by atoms with van der Waals surface area (Å²) in [5, 5.41) is 9.20. The first-order valence-electron chi connectivity index (χ1n) is 5.93. The van der Waals surface area contributed by atoms with Crippen LogP contribution in [0.15, 0.2) is 12.2 Å². The van der Waals surface area contributed by atoms with Crippen molar-refractivity contribution in [3.63, 3.8) is 0 Å². The van der Waals surface area contributed by atoms with Crippen LogP contribution in [0.4, 0.5) is 0 Å². The zero-order chi connectivity index (χ0) is 10.7. The van der Waals surface area contributed by atoms with Crippen LogP contribution in [0.25, 0.3) is 0 Å². The lowest BCUT2D eigenvalue weighted by atomic mass is 10.0. The summed E-state index contributed by atoms with van der Waals surface area (Å²) in [7, 11) is 0. The maximum atomic E-state index is 9.20. The smallest absolute Gasteiger partial charge is 0.103 e. The number of hydrogen-bond donors (Lipinski definition) is 1.